The van der Waals surface area contributed by atoms with E-state index < -0.39 is 41.8 Å². The largest absolute Gasteiger partial charge is 0.455 e. The van der Waals surface area contributed by atoms with Crippen LogP contribution in [0.1, 0.15) is 42.6 Å². The summed E-state index contributed by atoms with van der Waals surface area (Å²) in [5.74, 6) is -2.71. The van der Waals surface area contributed by atoms with Crippen molar-refractivity contribution >= 4 is 17.8 Å². The summed E-state index contributed by atoms with van der Waals surface area (Å²) in [5.41, 5.74) is 2.75. The highest BCUT2D eigenvalue weighted by Crippen LogP contribution is 2.26. The van der Waals surface area contributed by atoms with E-state index in [1.54, 1.807) is 13.0 Å². The molecule has 5 atom stereocenters. The second kappa shape index (κ2) is 15.0. The third kappa shape index (κ3) is 8.63. The molecule has 0 spiro atoms. The minimum atomic E-state index is -1.02. The number of hydrogen-bond donors (Lipinski definition) is 3. The predicted molar refractivity (Wildman–Crippen MR) is 158 cm³/mol. The summed E-state index contributed by atoms with van der Waals surface area (Å²) in [6, 6.07) is 27.5. The number of cyclic esters (lactones) is 1. The summed E-state index contributed by atoms with van der Waals surface area (Å²) < 4.78 is 6.08. The Labute approximate surface area is 241 Å². The first-order valence-corrected chi connectivity index (χ1v) is 14.1. The second-order valence-electron chi connectivity index (χ2n) is 10.5. The minimum absolute atomic E-state index is 0.164. The van der Waals surface area contributed by atoms with E-state index in [1.165, 1.54) is 0 Å². The average molecular weight is 555 g/mol. The normalized spacial score (nSPS) is 22.4. The van der Waals surface area contributed by atoms with Gasteiger partial charge in [-0.25, -0.2) is 0 Å². The Hall–Kier alpha value is -4.23. The van der Waals surface area contributed by atoms with Crippen LogP contribution in [0.15, 0.2) is 103 Å². The number of carbonyl (C=O) groups excluding carboxylic acids is 3. The first-order chi connectivity index (χ1) is 19.9. The number of nitrogens with one attached hydrogen (secondary N) is 2. The number of ether oxygens (including phenoxy) is 1. The van der Waals surface area contributed by atoms with Gasteiger partial charge in [-0.1, -0.05) is 103 Å². The van der Waals surface area contributed by atoms with Crippen LogP contribution in [0.25, 0.3) is 0 Å². The lowest BCUT2D eigenvalue weighted by Crippen LogP contribution is -2.49. The number of aliphatic hydroxyl groups excluding tert-OH is 1. The molecule has 0 bridgehead atoms. The molecule has 1 aliphatic heterocycles. The van der Waals surface area contributed by atoms with Crippen molar-refractivity contribution in [1.29, 1.82) is 0 Å². The molecule has 0 aliphatic carbocycles. The van der Waals surface area contributed by atoms with Crippen molar-refractivity contribution in [2.75, 3.05) is 6.61 Å². The van der Waals surface area contributed by atoms with Crippen LogP contribution < -0.4 is 10.6 Å². The van der Waals surface area contributed by atoms with Gasteiger partial charge in [-0.2, -0.15) is 0 Å². The van der Waals surface area contributed by atoms with E-state index >= 15 is 0 Å². The summed E-state index contributed by atoms with van der Waals surface area (Å²) in [6.07, 6.45) is 4.41. The van der Waals surface area contributed by atoms with Gasteiger partial charge in [0.25, 0.3) is 0 Å². The first-order valence-electron chi connectivity index (χ1n) is 14.1. The zero-order chi connectivity index (χ0) is 29.0. The van der Waals surface area contributed by atoms with Crippen molar-refractivity contribution in [3.05, 3.63) is 120 Å². The van der Waals surface area contributed by atoms with Gasteiger partial charge in [0, 0.05) is 0 Å². The van der Waals surface area contributed by atoms with Crippen LogP contribution in [-0.2, 0) is 32.0 Å². The molecule has 3 aromatic carbocycles. The molecule has 0 fully saturated rings. The number of aliphatic hydroxyl groups is 1. The molecule has 3 aromatic rings. The smallest absolute Gasteiger partial charge is 0.310 e. The Balaban J connectivity index is 1.57. The van der Waals surface area contributed by atoms with Crippen molar-refractivity contribution in [3.63, 3.8) is 0 Å². The van der Waals surface area contributed by atoms with E-state index in [1.807, 2.05) is 97.1 Å². The van der Waals surface area contributed by atoms with E-state index in [4.69, 9.17) is 4.74 Å². The minimum Gasteiger partial charge on any atom is -0.455 e. The Bertz CT molecular complexity index is 1300. The van der Waals surface area contributed by atoms with E-state index in [0.29, 0.717) is 19.3 Å². The van der Waals surface area contributed by atoms with Crippen LogP contribution in [0.5, 0.6) is 0 Å². The fraction of sp³-hybridized carbons (Fsp3) is 0.324. The average Bonchev–Trinajstić information content (AvgIpc) is 2.99. The molecule has 0 radical (unpaired) electrons. The maximum Gasteiger partial charge on any atom is 0.310 e. The zero-order valence-corrected chi connectivity index (χ0v) is 23.3. The highest BCUT2D eigenvalue weighted by molar-refractivity contribution is 6.00. The third-order valence-electron chi connectivity index (χ3n) is 7.34. The summed E-state index contributed by atoms with van der Waals surface area (Å²) in [5, 5.41) is 15.7. The zero-order valence-electron chi connectivity index (χ0n) is 23.3. The molecule has 1 heterocycles. The highest BCUT2D eigenvalue weighted by Gasteiger charge is 2.33. The second-order valence-corrected chi connectivity index (χ2v) is 10.5. The molecule has 1 aliphatic rings. The Kier molecular flexibility index (Phi) is 10.9. The van der Waals surface area contributed by atoms with Gasteiger partial charge >= 0.3 is 5.97 Å². The summed E-state index contributed by atoms with van der Waals surface area (Å²) in [4.78, 5) is 40.3. The molecule has 7 heteroatoms. The Morgan fingerprint density at radius 2 is 1.49 bits per heavy atom. The number of esters is 1. The van der Waals surface area contributed by atoms with Crippen molar-refractivity contribution in [2.45, 2.75) is 50.8 Å². The monoisotopic (exact) mass is 554 g/mol. The van der Waals surface area contributed by atoms with Gasteiger partial charge in [-0.05, 0) is 49.3 Å². The fourth-order valence-electron chi connectivity index (χ4n) is 5.07. The van der Waals surface area contributed by atoms with Gasteiger partial charge in [-0.15, -0.1) is 0 Å². The lowest BCUT2D eigenvalue weighted by molar-refractivity contribution is -0.157. The van der Waals surface area contributed by atoms with Crippen molar-refractivity contribution < 1.29 is 24.2 Å². The fourth-order valence-corrected chi connectivity index (χ4v) is 5.07. The molecule has 3 N–H and O–H groups in total. The lowest BCUT2D eigenvalue weighted by Gasteiger charge is -2.29. The van der Waals surface area contributed by atoms with Crippen molar-refractivity contribution in [3.8, 4) is 0 Å². The number of hydrogen-bond acceptors (Lipinski definition) is 5. The van der Waals surface area contributed by atoms with E-state index in [-0.39, 0.29) is 19.0 Å². The molecule has 41 heavy (non-hydrogen) atoms. The van der Waals surface area contributed by atoms with Crippen molar-refractivity contribution in [1.82, 2.24) is 10.6 Å². The van der Waals surface area contributed by atoms with Gasteiger partial charge in [0.05, 0.1) is 24.6 Å². The van der Waals surface area contributed by atoms with Gasteiger partial charge < -0.3 is 20.5 Å². The van der Waals surface area contributed by atoms with E-state index in [0.717, 1.165) is 16.7 Å². The van der Waals surface area contributed by atoms with Gasteiger partial charge in [0.2, 0.25) is 11.8 Å². The molecule has 2 amide bonds. The molecule has 0 saturated heterocycles. The summed E-state index contributed by atoms with van der Waals surface area (Å²) >= 11 is 0. The maximum atomic E-state index is 13.5. The predicted octanol–water partition coefficient (Wildman–Crippen LogP) is 4.32. The van der Waals surface area contributed by atoms with Crippen molar-refractivity contribution in [2.24, 2.45) is 11.8 Å². The quantitative estimate of drug-likeness (QED) is 0.219. The SMILES string of the molecule is CC1NC(=O)C(C(=O)N[C@@H](CO)Cc2ccccc2)CC=CCC(Cc2ccccc2)C(=O)OC1c1ccccc1. The van der Waals surface area contributed by atoms with Gasteiger partial charge in [0.1, 0.15) is 12.0 Å². The van der Waals surface area contributed by atoms with E-state index in [9.17, 15) is 19.5 Å². The topological polar surface area (TPSA) is 105 Å². The number of carbonyl (C=O) groups is 3. The van der Waals surface area contributed by atoms with Gasteiger partial charge in [-0.3, -0.25) is 14.4 Å². The lowest BCUT2D eigenvalue weighted by atomic mass is 9.93. The number of benzene rings is 3. The standard InChI is InChI=1S/C34H38N2O5/c1-24-31(27-17-9-4-10-18-27)41-34(40)28(21-25-13-5-2-6-14-25)19-11-12-20-30(32(38)35-24)33(39)36-29(23-37)22-26-15-7-3-8-16-26/h2-18,24,28-31,37H,19-23H2,1H3,(H,35,38)(H,36,39)/t24?,28?,29-,30?,31?/m1/s1. The van der Waals surface area contributed by atoms with Crippen LogP contribution in [0.4, 0.5) is 0 Å². The molecular weight excluding hydrogens is 516 g/mol. The molecular formula is C34H38N2O5. The third-order valence-corrected chi connectivity index (χ3v) is 7.34. The summed E-state index contributed by atoms with van der Waals surface area (Å²) in [6.45, 7) is 1.52. The van der Waals surface area contributed by atoms with Crippen LogP contribution in [0.3, 0.4) is 0 Å². The Morgan fingerprint density at radius 1 is 0.902 bits per heavy atom. The summed E-state index contributed by atoms with van der Waals surface area (Å²) in [7, 11) is 0. The van der Waals surface area contributed by atoms with Crippen LogP contribution in [0.2, 0.25) is 0 Å². The molecule has 4 rings (SSSR count). The first kappa shape index (κ1) is 29.7. The maximum absolute atomic E-state index is 13.5. The number of rotatable bonds is 8. The van der Waals surface area contributed by atoms with Crippen LogP contribution in [0, 0.1) is 11.8 Å². The Morgan fingerprint density at radius 3 is 2.12 bits per heavy atom. The highest BCUT2D eigenvalue weighted by atomic mass is 16.5. The number of allylic oxidation sites excluding steroid dienone is 2. The number of amides is 2. The van der Waals surface area contributed by atoms with Crippen LogP contribution >= 0.6 is 0 Å². The van der Waals surface area contributed by atoms with Gasteiger partial charge in [0.15, 0.2) is 0 Å². The molecule has 4 unspecified atom stereocenters. The van der Waals surface area contributed by atoms with Crippen LogP contribution in [-0.4, -0.2) is 41.6 Å². The molecule has 214 valence electrons. The molecule has 7 nitrogen and oxygen atoms in total. The molecule has 0 saturated carbocycles. The molecule has 0 aromatic heterocycles. The van der Waals surface area contributed by atoms with E-state index in [2.05, 4.69) is 10.6 Å².